The van der Waals surface area contributed by atoms with Gasteiger partial charge in [-0.3, -0.25) is 4.79 Å². The van der Waals surface area contributed by atoms with Gasteiger partial charge in [0.2, 0.25) is 15.9 Å². The van der Waals surface area contributed by atoms with E-state index in [-0.39, 0.29) is 10.8 Å². The van der Waals surface area contributed by atoms with E-state index in [2.05, 4.69) is 15.0 Å². The average molecular weight is 286 g/mol. The van der Waals surface area contributed by atoms with Crippen molar-refractivity contribution in [3.8, 4) is 0 Å². The first-order valence-corrected chi connectivity index (χ1v) is 7.21. The Labute approximate surface area is 112 Å². The maximum atomic E-state index is 12.1. The molecule has 0 fully saturated rings. The molecular weight excluding hydrogens is 268 g/mol. The summed E-state index contributed by atoms with van der Waals surface area (Å²) in [6.45, 7) is 3.42. The van der Waals surface area contributed by atoms with E-state index in [9.17, 15) is 13.2 Å². The van der Waals surface area contributed by atoms with Crippen LogP contribution < -0.4 is 15.8 Å². The molecule has 19 heavy (non-hydrogen) atoms. The van der Waals surface area contributed by atoms with Gasteiger partial charge in [0.15, 0.2) is 0 Å². The number of pyridine rings is 1. The lowest BCUT2D eigenvalue weighted by Crippen LogP contribution is -2.47. The Morgan fingerprint density at radius 2 is 2.05 bits per heavy atom. The van der Waals surface area contributed by atoms with Crippen molar-refractivity contribution in [3.63, 3.8) is 0 Å². The second kappa shape index (κ2) is 5.98. The quantitative estimate of drug-likeness (QED) is 0.676. The average Bonchev–Trinajstić information content (AvgIpc) is 2.35. The number of rotatable bonds is 6. The highest BCUT2D eigenvalue weighted by Crippen LogP contribution is 2.14. The van der Waals surface area contributed by atoms with Crippen LogP contribution in [0.5, 0.6) is 0 Å². The van der Waals surface area contributed by atoms with Crippen molar-refractivity contribution in [2.45, 2.75) is 24.8 Å². The number of nitrogens with zero attached hydrogens (tertiary/aromatic N) is 1. The summed E-state index contributed by atoms with van der Waals surface area (Å²) >= 11 is 0. The fourth-order valence-corrected chi connectivity index (χ4v) is 2.84. The van der Waals surface area contributed by atoms with E-state index in [4.69, 9.17) is 5.73 Å². The van der Waals surface area contributed by atoms with Gasteiger partial charge in [-0.15, -0.1) is 0 Å². The number of amides is 1. The van der Waals surface area contributed by atoms with Crippen LogP contribution in [-0.4, -0.2) is 32.4 Å². The molecular formula is C11H18N4O3S. The summed E-state index contributed by atoms with van der Waals surface area (Å²) in [5.41, 5.74) is 5.19. The molecule has 0 bridgehead atoms. The minimum absolute atomic E-state index is 0.0266. The number of nitrogens with two attached hydrogens (primary N) is 1. The monoisotopic (exact) mass is 286 g/mol. The minimum Gasteiger partial charge on any atom is -0.373 e. The van der Waals surface area contributed by atoms with Gasteiger partial charge in [-0.1, -0.05) is 13.8 Å². The fraction of sp³-hybridized carbons (Fsp3) is 0.455. The molecule has 1 aromatic heterocycles. The van der Waals surface area contributed by atoms with E-state index in [1.165, 1.54) is 18.3 Å². The molecule has 1 unspecified atom stereocenters. The summed E-state index contributed by atoms with van der Waals surface area (Å²) < 4.78 is 26.6. The third-order valence-electron chi connectivity index (χ3n) is 2.55. The van der Waals surface area contributed by atoms with Crippen LogP contribution in [0.2, 0.25) is 0 Å². The third kappa shape index (κ3) is 3.90. The maximum absolute atomic E-state index is 12.1. The highest BCUT2D eigenvalue weighted by atomic mass is 32.2. The smallest absolute Gasteiger partial charge is 0.241 e. The number of hydrogen-bond donors (Lipinski definition) is 3. The second-order valence-corrected chi connectivity index (χ2v) is 6.09. The molecule has 4 N–H and O–H groups in total. The molecule has 0 saturated heterocycles. The summed E-state index contributed by atoms with van der Waals surface area (Å²) in [5.74, 6) is -0.526. The molecule has 0 radical (unpaired) electrons. The number of nitrogens with one attached hydrogen (secondary N) is 2. The zero-order valence-electron chi connectivity index (χ0n) is 11.0. The van der Waals surface area contributed by atoms with Gasteiger partial charge in [-0.25, -0.2) is 13.4 Å². The summed E-state index contributed by atoms with van der Waals surface area (Å²) in [7, 11) is -2.18. The van der Waals surface area contributed by atoms with Gasteiger partial charge in [0, 0.05) is 19.3 Å². The highest BCUT2D eigenvalue weighted by Gasteiger charge is 2.26. The van der Waals surface area contributed by atoms with E-state index in [0.29, 0.717) is 5.82 Å². The summed E-state index contributed by atoms with van der Waals surface area (Å²) in [5, 5.41) is 2.74. The predicted octanol–water partition coefficient (Wildman–Crippen LogP) is -0.0885. The van der Waals surface area contributed by atoms with Crippen LogP contribution in [0.1, 0.15) is 13.8 Å². The van der Waals surface area contributed by atoms with Crippen LogP contribution in [-0.2, 0) is 14.8 Å². The molecule has 1 aromatic rings. The number of hydrogen-bond acceptors (Lipinski definition) is 5. The standard InChI is InChI=1S/C11H18N4O3S/c1-7(2)10(11(12)16)15-19(17,18)8-4-5-14-9(6-8)13-3/h4-7,10,15H,1-3H3,(H2,12,16)(H,13,14). The van der Waals surface area contributed by atoms with Crippen molar-refractivity contribution in [1.29, 1.82) is 0 Å². The van der Waals surface area contributed by atoms with E-state index in [1.54, 1.807) is 20.9 Å². The molecule has 1 atom stereocenters. The van der Waals surface area contributed by atoms with Gasteiger partial charge in [-0.05, 0) is 12.0 Å². The van der Waals surface area contributed by atoms with Crippen molar-refractivity contribution >= 4 is 21.7 Å². The molecule has 1 rings (SSSR count). The van der Waals surface area contributed by atoms with Crippen LogP contribution >= 0.6 is 0 Å². The van der Waals surface area contributed by atoms with Crippen molar-refractivity contribution in [2.75, 3.05) is 12.4 Å². The molecule has 0 saturated carbocycles. The highest BCUT2D eigenvalue weighted by molar-refractivity contribution is 7.89. The SMILES string of the molecule is CNc1cc(S(=O)(=O)NC(C(N)=O)C(C)C)ccn1. The second-order valence-electron chi connectivity index (χ2n) is 4.37. The Morgan fingerprint density at radius 1 is 1.42 bits per heavy atom. The molecule has 7 nitrogen and oxygen atoms in total. The number of carbonyl (C=O) groups excluding carboxylic acids is 1. The summed E-state index contributed by atoms with van der Waals surface area (Å²) in [6.07, 6.45) is 1.37. The van der Waals surface area contributed by atoms with E-state index in [1.807, 2.05) is 0 Å². The number of sulfonamides is 1. The predicted molar refractivity (Wildman–Crippen MR) is 71.9 cm³/mol. The van der Waals surface area contributed by atoms with Crippen molar-refractivity contribution < 1.29 is 13.2 Å². The van der Waals surface area contributed by atoms with Gasteiger partial charge < -0.3 is 11.1 Å². The molecule has 0 aromatic carbocycles. The molecule has 0 spiro atoms. The van der Waals surface area contributed by atoms with Crippen LogP contribution in [0.15, 0.2) is 23.2 Å². The molecule has 106 valence electrons. The summed E-state index contributed by atoms with van der Waals surface area (Å²) in [6, 6.07) is 1.78. The first-order valence-electron chi connectivity index (χ1n) is 5.73. The lowest BCUT2D eigenvalue weighted by atomic mass is 10.1. The molecule has 0 aliphatic carbocycles. The molecule has 8 heteroatoms. The van der Waals surface area contributed by atoms with Crippen LogP contribution in [0.3, 0.4) is 0 Å². The van der Waals surface area contributed by atoms with Crippen molar-refractivity contribution in [2.24, 2.45) is 11.7 Å². The first kappa shape index (κ1) is 15.4. The fourth-order valence-electron chi connectivity index (χ4n) is 1.47. The van der Waals surface area contributed by atoms with Gasteiger partial charge in [0.25, 0.3) is 0 Å². The Balaban J connectivity index is 3.06. The topological polar surface area (TPSA) is 114 Å². The Kier molecular flexibility index (Phi) is 4.84. The zero-order valence-corrected chi connectivity index (χ0v) is 11.9. The molecule has 0 aliphatic heterocycles. The number of carbonyl (C=O) groups is 1. The lowest BCUT2D eigenvalue weighted by molar-refractivity contribution is -0.120. The van der Waals surface area contributed by atoms with Gasteiger partial charge in [0.1, 0.15) is 11.9 Å². The van der Waals surface area contributed by atoms with Crippen molar-refractivity contribution in [3.05, 3.63) is 18.3 Å². The normalized spacial score (nSPS) is 13.3. The van der Waals surface area contributed by atoms with Gasteiger partial charge in [0.05, 0.1) is 4.90 Å². The van der Waals surface area contributed by atoms with Crippen LogP contribution in [0, 0.1) is 5.92 Å². The van der Waals surface area contributed by atoms with E-state index >= 15 is 0 Å². The number of anilines is 1. The summed E-state index contributed by atoms with van der Waals surface area (Å²) in [4.78, 5) is 15.2. The zero-order chi connectivity index (χ0) is 14.6. The van der Waals surface area contributed by atoms with Crippen molar-refractivity contribution in [1.82, 2.24) is 9.71 Å². The first-order chi connectivity index (χ1) is 8.77. The number of primary amides is 1. The lowest BCUT2D eigenvalue weighted by Gasteiger charge is -2.19. The largest absolute Gasteiger partial charge is 0.373 e. The Hall–Kier alpha value is -1.67. The van der Waals surface area contributed by atoms with Crippen LogP contribution in [0.25, 0.3) is 0 Å². The van der Waals surface area contributed by atoms with E-state index < -0.39 is 22.0 Å². The van der Waals surface area contributed by atoms with Gasteiger partial charge in [-0.2, -0.15) is 4.72 Å². The maximum Gasteiger partial charge on any atom is 0.241 e. The van der Waals surface area contributed by atoms with Gasteiger partial charge >= 0.3 is 0 Å². The van der Waals surface area contributed by atoms with Crippen LogP contribution in [0.4, 0.5) is 5.82 Å². The Bertz CT molecular complexity index is 557. The third-order valence-corrected chi connectivity index (χ3v) is 3.99. The Morgan fingerprint density at radius 3 is 2.53 bits per heavy atom. The molecule has 1 amide bonds. The minimum atomic E-state index is -3.81. The van der Waals surface area contributed by atoms with E-state index in [0.717, 1.165) is 0 Å². The number of aromatic nitrogens is 1. The molecule has 1 heterocycles. The molecule has 0 aliphatic rings.